The summed E-state index contributed by atoms with van der Waals surface area (Å²) in [7, 11) is 3.02. The van der Waals surface area contributed by atoms with Crippen molar-refractivity contribution < 1.29 is 28.2 Å². The highest BCUT2D eigenvalue weighted by atomic mass is 32.1. The summed E-state index contributed by atoms with van der Waals surface area (Å²) >= 11 is 0.707. The van der Waals surface area contributed by atoms with Crippen molar-refractivity contribution in [1.29, 1.82) is 0 Å². The second-order valence-electron chi connectivity index (χ2n) is 7.66. The number of aromatic nitrogens is 1. The zero-order chi connectivity index (χ0) is 26.2. The fourth-order valence-corrected chi connectivity index (χ4v) is 4.22. The van der Waals surface area contributed by atoms with Crippen LogP contribution in [0.4, 0.5) is 10.1 Å². The molecule has 3 amide bonds. The molecule has 0 fully saturated rings. The smallest absolute Gasteiger partial charge is 0.270 e. The van der Waals surface area contributed by atoms with Gasteiger partial charge < -0.3 is 31.2 Å². The summed E-state index contributed by atoms with van der Waals surface area (Å²) in [6, 6.07) is 11.0. The topological polar surface area (TPSA) is 150 Å². The first-order valence-electron chi connectivity index (χ1n) is 10.8. The van der Waals surface area contributed by atoms with E-state index in [1.807, 2.05) is 0 Å². The number of carbonyl (C=O) groups excluding carboxylic acids is 3. The first-order valence-corrected chi connectivity index (χ1v) is 11.5. The number of halogens is 1. The SMILES string of the molecule is COCCNC(=O)C(c1ccc(F)cc1)N(Cc1ccc(OC)cc1)C(=O)c1snc(C(N)=O)c1N. The van der Waals surface area contributed by atoms with Crippen LogP contribution in [0, 0.1) is 5.82 Å². The number of hydrogen-bond donors (Lipinski definition) is 3. The average molecular weight is 516 g/mol. The molecule has 0 saturated heterocycles. The highest BCUT2D eigenvalue weighted by Crippen LogP contribution is 2.30. The van der Waals surface area contributed by atoms with Crippen molar-refractivity contribution in [3.8, 4) is 5.75 Å². The van der Waals surface area contributed by atoms with E-state index in [0.717, 1.165) is 0 Å². The number of primary amides is 1. The molecule has 1 aromatic heterocycles. The Labute approximate surface area is 211 Å². The minimum atomic E-state index is -1.17. The van der Waals surface area contributed by atoms with Crippen LogP contribution in [0.5, 0.6) is 5.75 Å². The third kappa shape index (κ3) is 6.15. The summed E-state index contributed by atoms with van der Waals surface area (Å²) < 4.78 is 27.8. The van der Waals surface area contributed by atoms with Crippen LogP contribution < -0.4 is 21.5 Å². The van der Waals surface area contributed by atoms with E-state index in [-0.39, 0.29) is 36.0 Å². The zero-order valence-electron chi connectivity index (χ0n) is 19.7. The molecule has 12 heteroatoms. The standard InChI is InChI=1S/C24H26FN5O5S/c1-34-12-11-28-23(32)20(15-5-7-16(25)8-6-15)30(13-14-3-9-17(35-2)10-4-14)24(33)21-18(26)19(22(27)31)29-36-21/h3-10,20H,11-13,26H2,1-2H3,(H2,27,31)(H,28,32). The highest BCUT2D eigenvalue weighted by molar-refractivity contribution is 7.09. The second-order valence-corrected chi connectivity index (χ2v) is 8.43. The molecule has 0 aliphatic heterocycles. The van der Waals surface area contributed by atoms with Crippen LogP contribution in [0.2, 0.25) is 0 Å². The zero-order valence-corrected chi connectivity index (χ0v) is 20.5. The average Bonchev–Trinajstić information content (AvgIpc) is 3.26. The van der Waals surface area contributed by atoms with Crippen LogP contribution in [-0.2, 0) is 16.1 Å². The lowest BCUT2D eigenvalue weighted by Crippen LogP contribution is -2.44. The van der Waals surface area contributed by atoms with Gasteiger partial charge in [0, 0.05) is 20.2 Å². The van der Waals surface area contributed by atoms with E-state index in [4.69, 9.17) is 20.9 Å². The first-order chi connectivity index (χ1) is 17.3. The third-order valence-electron chi connectivity index (χ3n) is 5.28. The van der Waals surface area contributed by atoms with E-state index in [2.05, 4.69) is 9.69 Å². The van der Waals surface area contributed by atoms with Gasteiger partial charge in [0.15, 0.2) is 5.69 Å². The number of anilines is 1. The normalized spacial score (nSPS) is 11.5. The van der Waals surface area contributed by atoms with Gasteiger partial charge in [0.1, 0.15) is 22.5 Å². The van der Waals surface area contributed by atoms with Crippen molar-refractivity contribution in [2.24, 2.45) is 5.73 Å². The number of benzene rings is 2. The van der Waals surface area contributed by atoms with E-state index < -0.39 is 29.6 Å². The maximum Gasteiger partial charge on any atom is 0.270 e. The quantitative estimate of drug-likeness (QED) is 0.331. The van der Waals surface area contributed by atoms with Crippen LogP contribution in [0.25, 0.3) is 0 Å². The molecular formula is C24H26FN5O5S. The molecule has 190 valence electrons. The Bertz CT molecular complexity index is 1220. The Balaban J connectivity index is 2.09. The van der Waals surface area contributed by atoms with Gasteiger partial charge >= 0.3 is 0 Å². The Hall–Kier alpha value is -4.03. The number of carbonyl (C=O) groups is 3. The largest absolute Gasteiger partial charge is 0.497 e. The number of nitrogens with one attached hydrogen (secondary N) is 1. The minimum Gasteiger partial charge on any atom is -0.497 e. The van der Waals surface area contributed by atoms with Crippen LogP contribution in [-0.4, -0.2) is 54.4 Å². The molecule has 0 aliphatic rings. The third-order valence-corrected chi connectivity index (χ3v) is 6.13. The molecule has 36 heavy (non-hydrogen) atoms. The molecule has 10 nitrogen and oxygen atoms in total. The summed E-state index contributed by atoms with van der Waals surface area (Å²) in [5.74, 6) is -1.93. The van der Waals surface area contributed by atoms with Gasteiger partial charge in [0.2, 0.25) is 5.91 Å². The number of ether oxygens (including phenoxy) is 2. The van der Waals surface area contributed by atoms with Gasteiger partial charge in [0.25, 0.3) is 11.8 Å². The van der Waals surface area contributed by atoms with Crippen molar-refractivity contribution in [3.63, 3.8) is 0 Å². The van der Waals surface area contributed by atoms with E-state index in [9.17, 15) is 18.8 Å². The summed E-state index contributed by atoms with van der Waals surface area (Å²) in [4.78, 5) is 40.1. The van der Waals surface area contributed by atoms with Gasteiger partial charge in [-0.15, -0.1) is 0 Å². The summed E-state index contributed by atoms with van der Waals surface area (Å²) in [6.07, 6.45) is 0. The predicted octanol–water partition coefficient (Wildman–Crippen LogP) is 2.12. The van der Waals surface area contributed by atoms with Crippen LogP contribution in [0.3, 0.4) is 0 Å². The van der Waals surface area contributed by atoms with Crippen molar-refractivity contribution in [2.75, 3.05) is 33.1 Å². The lowest BCUT2D eigenvalue weighted by molar-refractivity contribution is -0.126. The van der Waals surface area contributed by atoms with E-state index >= 15 is 0 Å². The lowest BCUT2D eigenvalue weighted by Gasteiger charge is -2.31. The summed E-state index contributed by atoms with van der Waals surface area (Å²) in [5, 5.41) is 2.74. The molecule has 0 spiro atoms. The number of hydrogen-bond acceptors (Lipinski definition) is 8. The summed E-state index contributed by atoms with van der Waals surface area (Å²) in [5.41, 5.74) is 12.0. The molecule has 3 aromatic rings. The maximum absolute atomic E-state index is 13.8. The second kappa shape index (κ2) is 12.1. The van der Waals surface area contributed by atoms with Crippen molar-refractivity contribution in [2.45, 2.75) is 12.6 Å². The lowest BCUT2D eigenvalue weighted by atomic mass is 10.0. The number of nitrogens with zero attached hydrogens (tertiary/aromatic N) is 2. The van der Waals surface area contributed by atoms with Gasteiger partial charge in [-0.1, -0.05) is 24.3 Å². The van der Waals surface area contributed by atoms with Crippen LogP contribution in [0.15, 0.2) is 48.5 Å². The Morgan fingerprint density at radius 2 is 1.78 bits per heavy atom. The fourth-order valence-electron chi connectivity index (χ4n) is 3.46. The maximum atomic E-state index is 13.8. The molecule has 1 unspecified atom stereocenters. The van der Waals surface area contributed by atoms with Crippen LogP contribution in [0.1, 0.15) is 37.3 Å². The monoisotopic (exact) mass is 515 g/mol. The summed E-state index contributed by atoms with van der Waals surface area (Å²) in [6.45, 7) is 0.413. The van der Waals surface area contributed by atoms with Gasteiger partial charge in [-0.05, 0) is 46.9 Å². The molecular weight excluding hydrogens is 489 g/mol. The van der Waals surface area contributed by atoms with Gasteiger partial charge in [-0.3, -0.25) is 14.4 Å². The molecule has 5 N–H and O–H groups in total. The van der Waals surface area contributed by atoms with Gasteiger partial charge in [0.05, 0.1) is 19.4 Å². The number of methoxy groups -OCH3 is 2. The Morgan fingerprint density at radius 1 is 1.11 bits per heavy atom. The molecule has 2 aromatic carbocycles. The van der Waals surface area contributed by atoms with Gasteiger partial charge in [-0.2, -0.15) is 4.37 Å². The number of nitrogen functional groups attached to an aromatic ring is 1. The Morgan fingerprint density at radius 3 is 2.33 bits per heavy atom. The minimum absolute atomic E-state index is 0.0220. The van der Waals surface area contributed by atoms with Crippen molar-refractivity contribution in [3.05, 3.63) is 76.0 Å². The fraction of sp³-hybridized carbons (Fsp3) is 0.250. The van der Waals surface area contributed by atoms with Crippen molar-refractivity contribution in [1.82, 2.24) is 14.6 Å². The number of rotatable bonds is 11. The van der Waals surface area contributed by atoms with E-state index in [1.54, 1.807) is 24.3 Å². The van der Waals surface area contributed by atoms with Gasteiger partial charge in [-0.25, -0.2) is 4.39 Å². The molecule has 0 radical (unpaired) electrons. The molecule has 0 aliphatic carbocycles. The highest BCUT2D eigenvalue weighted by Gasteiger charge is 2.35. The van der Waals surface area contributed by atoms with E-state index in [0.29, 0.717) is 28.4 Å². The van der Waals surface area contributed by atoms with Crippen molar-refractivity contribution >= 4 is 34.9 Å². The molecule has 0 saturated carbocycles. The molecule has 1 atom stereocenters. The number of amides is 3. The molecule has 1 heterocycles. The molecule has 3 rings (SSSR count). The molecule has 0 bridgehead atoms. The number of nitrogens with two attached hydrogens (primary N) is 2. The predicted molar refractivity (Wildman–Crippen MR) is 132 cm³/mol. The Kier molecular flexibility index (Phi) is 8.92. The van der Waals surface area contributed by atoms with E-state index in [1.165, 1.54) is 43.4 Å². The van der Waals surface area contributed by atoms with Crippen LogP contribution >= 0.6 is 11.5 Å². The first kappa shape index (κ1) is 26.6.